The van der Waals surface area contributed by atoms with Crippen LogP contribution < -0.4 is 5.32 Å². The van der Waals surface area contributed by atoms with E-state index in [2.05, 4.69) is 11.4 Å². The average Bonchev–Trinajstić information content (AvgIpc) is 2.70. The third kappa shape index (κ3) is 0.906. The highest BCUT2D eigenvalue weighted by Gasteiger charge is 2.24. The van der Waals surface area contributed by atoms with Crippen molar-refractivity contribution in [1.29, 1.82) is 0 Å². The van der Waals surface area contributed by atoms with Crippen LogP contribution in [0.3, 0.4) is 0 Å². The van der Waals surface area contributed by atoms with Gasteiger partial charge in [0.1, 0.15) is 6.61 Å². The first kappa shape index (κ1) is 7.09. The predicted octanol–water partition coefficient (Wildman–Crippen LogP) is 0.960. The highest BCUT2D eigenvalue weighted by molar-refractivity contribution is 5.93. The molecule has 2 aliphatic heterocycles. The third-order valence-corrected chi connectivity index (χ3v) is 2.64. The third-order valence-electron chi connectivity index (χ3n) is 2.64. The largest absolute Gasteiger partial charge is 0.457 e. The van der Waals surface area contributed by atoms with Gasteiger partial charge in [0.05, 0.1) is 5.56 Å². The molecule has 66 valence electrons. The van der Waals surface area contributed by atoms with Gasteiger partial charge in [0.25, 0.3) is 0 Å². The molecule has 0 spiro atoms. The first-order chi connectivity index (χ1) is 6.34. The van der Waals surface area contributed by atoms with Crippen LogP contribution in [0.25, 0.3) is 0 Å². The molecule has 0 saturated heterocycles. The molecule has 2 heterocycles. The Labute approximate surface area is 75.7 Å². The van der Waals surface area contributed by atoms with Gasteiger partial charge in [-0.15, -0.1) is 0 Å². The Kier molecular flexibility index (Phi) is 1.27. The number of carbonyl (C=O) groups is 1. The zero-order chi connectivity index (χ0) is 8.84. The van der Waals surface area contributed by atoms with E-state index < -0.39 is 0 Å². The van der Waals surface area contributed by atoms with Crippen molar-refractivity contribution in [3.8, 4) is 0 Å². The fourth-order valence-electron chi connectivity index (χ4n) is 1.93. The number of carbonyl (C=O) groups excluding carboxylic acids is 1. The second kappa shape index (κ2) is 2.33. The minimum atomic E-state index is -0.176. The van der Waals surface area contributed by atoms with Crippen molar-refractivity contribution < 1.29 is 9.53 Å². The van der Waals surface area contributed by atoms with Crippen molar-refractivity contribution >= 4 is 5.97 Å². The maximum atomic E-state index is 11.2. The predicted molar refractivity (Wildman–Crippen MR) is 46.1 cm³/mol. The maximum Gasteiger partial charge on any atom is 0.338 e. The smallest absolute Gasteiger partial charge is 0.338 e. The Balaban J connectivity index is 2.22. The zero-order valence-corrected chi connectivity index (χ0v) is 7.09. The summed E-state index contributed by atoms with van der Waals surface area (Å²) < 4.78 is 4.94. The number of cyclic esters (lactones) is 1. The Morgan fingerprint density at radius 3 is 2.77 bits per heavy atom. The topological polar surface area (TPSA) is 38.3 Å². The molecule has 0 aromatic heterocycles. The van der Waals surface area contributed by atoms with Crippen LogP contribution in [-0.2, 0) is 24.4 Å². The van der Waals surface area contributed by atoms with Gasteiger partial charge in [-0.25, -0.2) is 4.79 Å². The fraction of sp³-hybridized carbons (Fsp3) is 0.300. The molecule has 0 atom stereocenters. The molecule has 0 amide bonds. The molecule has 0 fully saturated rings. The molecule has 0 bridgehead atoms. The molecule has 0 aliphatic carbocycles. The lowest BCUT2D eigenvalue weighted by molar-refractivity contribution is 0.0535. The Bertz CT molecular complexity index is 398. The van der Waals surface area contributed by atoms with Crippen LogP contribution in [-0.4, -0.2) is 5.97 Å². The van der Waals surface area contributed by atoms with Gasteiger partial charge in [0.2, 0.25) is 0 Å². The summed E-state index contributed by atoms with van der Waals surface area (Å²) in [5.74, 6) is -0.176. The molecule has 1 aromatic carbocycles. The quantitative estimate of drug-likeness (QED) is 0.597. The van der Waals surface area contributed by atoms with E-state index in [1.165, 1.54) is 11.1 Å². The molecular weight excluding hydrogens is 166 g/mol. The van der Waals surface area contributed by atoms with Crippen molar-refractivity contribution in [2.24, 2.45) is 0 Å². The van der Waals surface area contributed by atoms with E-state index in [1.54, 1.807) is 0 Å². The number of esters is 1. The van der Waals surface area contributed by atoms with E-state index in [1.807, 2.05) is 6.07 Å². The summed E-state index contributed by atoms with van der Waals surface area (Å²) in [6.45, 7) is 2.23. The van der Waals surface area contributed by atoms with Crippen LogP contribution in [0.2, 0.25) is 0 Å². The van der Waals surface area contributed by atoms with Crippen molar-refractivity contribution in [3.05, 3.63) is 34.4 Å². The van der Waals surface area contributed by atoms with E-state index in [9.17, 15) is 4.79 Å². The minimum Gasteiger partial charge on any atom is -0.457 e. The molecule has 1 N–H and O–H groups in total. The number of benzene rings is 1. The van der Waals surface area contributed by atoms with Crippen molar-refractivity contribution in [3.63, 3.8) is 0 Å². The van der Waals surface area contributed by atoms with Gasteiger partial charge in [-0.1, -0.05) is 0 Å². The molecule has 3 rings (SSSR count). The van der Waals surface area contributed by atoms with Crippen molar-refractivity contribution in [1.82, 2.24) is 5.32 Å². The highest BCUT2D eigenvalue weighted by Crippen LogP contribution is 2.26. The Morgan fingerprint density at radius 1 is 1.15 bits per heavy atom. The summed E-state index contributed by atoms with van der Waals surface area (Å²) in [4.78, 5) is 11.2. The molecule has 3 heteroatoms. The molecule has 3 nitrogen and oxygen atoms in total. The lowest BCUT2D eigenvalue weighted by atomic mass is 10.0. The Hall–Kier alpha value is -1.35. The first-order valence-electron chi connectivity index (χ1n) is 4.37. The van der Waals surface area contributed by atoms with Gasteiger partial charge >= 0.3 is 5.97 Å². The van der Waals surface area contributed by atoms with E-state index >= 15 is 0 Å². The van der Waals surface area contributed by atoms with Crippen molar-refractivity contribution in [2.45, 2.75) is 19.7 Å². The van der Waals surface area contributed by atoms with Gasteiger partial charge < -0.3 is 10.1 Å². The summed E-state index contributed by atoms with van der Waals surface area (Å²) in [6, 6.07) is 4.04. The van der Waals surface area contributed by atoms with E-state index in [4.69, 9.17) is 4.74 Å². The van der Waals surface area contributed by atoms with E-state index in [0.29, 0.717) is 6.61 Å². The van der Waals surface area contributed by atoms with Crippen LogP contribution in [0.1, 0.15) is 27.0 Å². The Morgan fingerprint density at radius 2 is 1.92 bits per heavy atom. The summed E-state index contributed by atoms with van der Waals surface area (Å²) in [5, 5.41) is 3.25. The molecule has 0 unspecified atom stereocenters. The van der Waals surface area contributed by atoms with E-state index in [-0.39, 0.29) is 5.97 Å². The minimum absolute atomic E-state index is 0.176. The number of nitrogens with one attached hydrogen (secondary N) is 1. The van der Waals surface area contributed by atoms with Gasteiger partial charge in [-0.2, -0.15) is 0 Å². The number of ether oxygens (including phenoxy) is 1. The summed E-state index contributed by atoms with van der Waals surface area (Å²) >= 11 is 0. The summed E-state index contributed by atoms with van der Waals surface area (Å²) in [7, 11) is 0. The highest BCUT2D eigenvalue weighted by atomic mass is 16.5. The second-order valence-electron chi connectivity index (χ2n) is 3.46. The molecule has 2 aliphatic rings. The van der Waals surface area contributed by atoms with Gasteiger partial charge in [-0.05, 0) is 23.3 Å². The zero-order valence-electron chi connectivity index (χ0n) is 7.09. The second-order valence-corrected chi connectivity index (χ2v) is 3.46. The summed E-state index contributed by atoms with van der Waals surface area (Å²) in [6.07, 6.45) is 0. The van der Waals surface area contributed by atoms with Crippen LogP contribution in [0.15, 0.2) is 12.1 Å². The van der Waals surface area contributed by atoms with Gasteiger partial charge in [-0.3, -0.25) is 0 Å². The molecule has 13 heavy (non-hydrogen) atoms. The van der Waals surface area contributed by atoms with Crippen molar-refractivity contribution in [2.75, 3.05) is 0 Å². The first-order valence-corrected chi connectivity index (χ1v) is 4.37. The van der Waals surface area contributed by atoms with Gasteiger partial charge in [0, 0.05) is 18.7 Å². The molecule has 1 aromatic rings. The monoisotopic (exact) mass is 175 g/mol. The van der Waals surface area contributed by atoms with Crippen LogP contribution in [0.4, 0.5) is 0 Å². The number of hydrogen-bond acceptors (Lipinski definition) is 3. The molecule has 0 radical (unpaired) electrons. The van der Waals surface area contributed by atoms with Gasteiger partial charge in [0.15, 0.2) is 0 Å². The SMILES string of the molecule is O=C1OCc2cc3c(cc21)CNC3. The fourth-order valence-corrected chi connectivity index (χ4v) is 1.93. The lowest BCUT2D eigenvalue weighted by Crippen LogP contribution is -2.00. The van der Waals surface area contributed by atoms with Crippen LogP contribution >= 0.6 is 0 Å². The standard InChI is InChI=1S/C10H9NO2/c12-10-9-2-7-4-11-3-6(7)1-8(9)5-13-10/h1-2,11H,3-5H2. The van der Waals surface area contributed by atoms with Crippen LogP contribution in [0, 0.1) is 0 Å². The number of rotatable bonds is 0. The maximum absolute atomic E-state index is 11.2. The van der Waals surface area contributed by atoms with E-state index in [0.717, 1.165) is 24.2 Å². The number of fused-ring (bicyclic) bond motifs is 2. The average molecular weight is 175 g/mol. The molecular formula is C10H9NO2. The normalized spacial score (nSPS) is 18.3. The molecule has 0 saturated carbocycles. The summed E-state index contributed by atoms with van der Waals surface area (Å²) in [5.41, 5.74) is 4.32. The lowest BCUT2D eigenvalue weighted by Gasteiger charge is -1.99. The van der Waals surface area contributed by atoms with Crippen LogP contribution in [0.5, 0.6) is 0 Å². The number of hydrogen-bond donors (Lipinski definition) is 1.